The van der Waals surface area contributed by atoms with Crippen LogP contribution in [0.4, 0.5) is 13.2 Å². The average Bonchev–Trinajstić information content (AvgIpc) is 2.46. The molecule has 1 aromatic carbocycles. The smallest absolute Gasteiger partial charge is 0.412 e. The molecule has 0 saturated carbocycles. The van der Waals surface area contributed by atoms with Gasteiger partial charge in [-0.05, 0) is 55.8 Å². The lowest BCUT2D eigenvalue weighted by atomic mass is 9.88. The Kier molecular flexibility index (Phi) is 6.52. The van der Waals surface area contributed by atoms with E-state index in [4.69, 9.17) is 20.9 Å². The summed E-state index contributed by atoms with van der Waals surface area (Å²) in [4.78, 5) is 12.8. The van der Waals surface area contributed by atoms with Crippen molar-refractivity contribution in [1.82, 2.24) is 5.32 Å². The zero-order valence-electron chi connectivity index (χ0n) is 15.2. The Labute approximate surface area is 169 Å². The third-order valence-electron chi connectivity index (χ3n) is 3.77. The predicted octanol–water partition coefficient (Wildman–Crippen LogP) is 5.30. The first-order valence-electron chi connectivity index (χ1n) is 8.00. The lowest BCUT2D eigenvalue weighted by Gasteiger charge is -2.35. The largest absolute Gasteiger partial charge is 0.447 e. The maximum Gasteiger partial charge on any atom is 0.412 e. The molecule has 0 bridgehead atoms. The van der Waals surface area contributed by atoms with Gasteiger partial charge < -0.3 is 14.4 Å². The molecule has 1 N–H and O–H groups in total. The highest BCUT2D eigenvalue weighted by Crippen LogP contribution is 2.51. The average molecular weight is 486 g/mol. The fourth-order valence-corrected chi connectivity index (χ4v) is 4.44. The van der Waals surface area contributed by atoms with E-state index in [1.54, 1.807) is 19.9 Å². The van der Waals surface area contributed by atoms with Gasteiger partial charge in [0.2, 0.25) is 6.49 Å². The number of hydrogen-bond acceptors (Lipinski definition) is 4. The van der Waals surface area contributed by atoms with Crippen LogP contribution in [0.15, 0.2) is 28.4 Å². The summed E-state index contributed by atoms with van der Waals surface area (Å²) in [5.74, 6) is -0.119. The van der Waals surface area contributed by atoms with Gasteiger partial charge in [-0.2, -0.15) is 13.2 Å². The first kappa shape index (κ1) is 22.4. The Morgan fingerprint density at radius 3 is 2.59 bits per heavy atom. The lowest BCUT2D eigenvalue weighted by molar-refractivity contribution is -0.153. The molecule has 0 fully saturated rings. The molecule has 1 aliphatic heterocycles. The number of aryl methyl sites for hydroxylation is 1. The molecule has 1 amide bonds. The highest BCUT2D eigenvalue weighted by atomic mass is 79.9. The minimum absolute atomic E-state index is 0.248. The van der Waals surface area contributed by atoms with Crippen molar-refractivity contribution in [2.45, 2.75) is 38.9 Å². The van der Waals surface area contributed by atoms with Crippen molar-refractivity contribution >= 4 is 45.7 Å². The summed E-state index contributed by atoms with van der Waals surface area (Å²) in [5.41, 5.74) is 1.08. The van der Waals surface area contributed by atoms with E-state index in [-0.39, 0.29) is 23.7 Å². The number of rotatable bonds is 5. The first-order valence-corrected chi connectivity index (χ1v) is 11.9. The molecule has 0 aromatic heterocycles. The van der Waals surface area contributed by atoms with Crippen molar-refractivity contribution in [3.8, 4) is 0 Å². The van der Waals surface area contributed by atoms with Crippen molar-refractivity contribution < 1.29 is 27.0 Å². The van der Waals surface area contributed by atoms with Crippen molar-refractivity contribution in [2.24, 2.45) is 0 Å². The molecule has 1 heterocycles. The second kappa shape index (κ2) is 7.85. The second-order valence-electron chi connectivity index (χ2n) is 7.02. The topological polar surface area (TPSA) is 47.6 Å². The molecule has 27 heavy (non-hydrogen) atoms. The summed E-state index contributed by atoms with van der Waals surface area (Å²) < 4.78 is 48.8. The van der Waals surface area contributed by atoms with Crippen LogP contribution in [0.1, 0.15) is 31.4 Å². The van der Waals surface area contributed by atoms with E-state index in [0.717, 1.165) is 10.0 Å². The maximum atomic E-state index is 12.8. The van der Waals surface area contributed by atoms with E-state index in [1.807, 2.05) is 19.1 Å². The van der Waals surface area contributed by atoms with Crippen LogP contribution in [0, 0.1) is 6.92 Å². The van der Waals surface area contributed by atoms with E-state index in [2.05, 4.69) is 21.2 Å². The fourth-order valence-electron chi connectivity index (χ4n) is 2.66. The predicted molar refractivity (Wildman–Crippen MR) is 106 cm³/mol. The molecule has 1 aliphatic rings. The Balaban J connectivity index is 2.49. The minimum Gasteiger partial charge on any atom is -0.447 e. The normalized spacial score (nSPS) is 19.5. The van der Waals surface area contributed by atoms with E-state index >= 15 is 0 Å². The van der Waals surface area contributed by atoms with Gasteiger partial charge in [-0.1, -0.05) is 22.0 Å². The molecule has 1 atom stereocenters. The molecule has 0 saturated heterocycles. The molecular formula is C17H20BrF3NO3PS. The van der Waals surface area contributed by atoms with Gasteiger partial charge in [-0.15, -0.1) is 0 Å². The maximum absolute atomic E-state index is 12.8. The van der Waals surface area contributed by atoms with Gasteiger partial charge in [0.15, 0.2) is 6.61 Å². The Morgan fingerprint density at radius 1 is 1.37 bits per heavy atom. The monoisotopic (exact) mass is 485 g/mol. The van der Waals surface area contributed by atoms with Crippen LogP contribution < -0.4 is 5.32 Å². The number of carbonyl (C=O) groups excluding carboxylic acids is 1. The van der Waals surface area contributed by atoms with Crippen LogP contribution in [-0.4, -0.2) is 30.9 Å². The third-order valence-corrected chi connectivity index (χ3v) is 5.95. The van der Waals surface area contributed by atoms with Gasteiger partial charge in [0.25, 0.3) is 5.91 Å². The van der Waals surface area contributed by atoms with Gasteiger partial charge in [0.05, 0.1) is 5.57 Å². The number of carbonyl (C=O) groups is 1. The summed E-state index contributed by atoms with van der Waals surface area (Å²) in [7, 11) is 0. The zero-order chi connectivity index (χ0) is 20.6. The molecular weight excluding hydrogens is 466 g/mol. The Hall–Kier alpha value is -0.890. The van der Waals surface area contributed by atoms with Crippen molar-refractivity contribution in [2.75, 3.05) is 13.3 Å². The number of benzene rings is 1. The summed E-state index contributed by atoms with van der Waals surface area (Å²) in [5, 5.41) is 2.89. The number of alkyl halides is 3. The van der Waals surface area contributed by atoms with Gasteiger partial charge in [-0.25, -0.2) is 0 Å². The van der Waals surface area contributed by atoms with E-state index in [1.165, 1.54) is 6.66 Å². The Bertz CT molecular complexity index is 839. The number of halogens is 4. The molecule has 10 heteroatoms. The van der Waals surface area contributed by atoms with Gasteiger partial charge in [-0.3, -0.25) is 4.79 Å². The second-order valence-corrected chi connectivity index (χ2v) is 11.9. The lowest BCUT2D eigenvalue weighted by Crippen LogP contribution is -2.47. The molecule has 1 unspecified atom stereocenters. The first-order chi connectivity index (χ1) is 12.2. The molecule has 1 aromatic rings. The molecule has 0 spiro atoms. The van der Waals surface area contributed by atoms with Crippen LogP contribution in [0.25, 0.3) is 5.57 Å². The van der Waals surface area contributed by atoms with Crippen LogP contribution in [0.2, 0.25) is 0 Å². The number of nitrogens with one attached hydrogen (secondary N) is 1. The SMILES string of the molecule is Cc1ccc(Br)cc1C1=C(OP(C)(=S)OCC(F)(F)F)CC(C)(C)NC1=O. The highest BCUT2D eigenvalue weighted by molar-refractivity contribution is 9.10. The molecule has 4 nitrogen and oxygen atoms in total. The zero-order valence-corrected chi connectivity index (χ0v) is 18.5. The summed E-state index contributed by atoms with van der Waals surface area (Å²) in [6.07, 6.45) is -4.23. The van der Waals surface area contributed by atoms with Crippen molar-refractivity contribution in [1.29, 1.82) is 0 Å². The molecule has 0 radical (unpaired) electrons. The number of amides is 1. The molecule has 0 aliphatic carbocycles. The van der Waals surface area contributed by atoms with Crippen molar-refractivity contribution in [3.63, 3.8) is 0 Å². The van der Waals surface area contributed by atoms with Crippen LogP contribution in [-0.2, 0) is 25.6 Å². The Morgan fingerprint density at radius 2 is 2.00 bits per heavy atom. The molecule has 150 valence electrons. The number of hydrogen-bond donors (Lipinski definition) is 1. The van der Waals surface area contributed by atoms with Crippen LogP contribution in [0.3, 0.4) is 0 Å². The van der Waals surface area contributed by atoms with Gasteiger partial charge >= 0.3 is 6.18 Å². The molecule has 2 rings (SSSR count). The minimum atomic E-state index is -4.51. The highest BCUT2D eigenvalue weighted by Gasteiger charge is 2.37. The summed E-state index contributed by atoms with van der Waals surface area (Å²) >= 11 is 8.53. The van der Waals surface area contributed by atoms with Crippen LogP contribution >= 0.6 is 22.4 Å². The van der Waals surface area contributed by atoms with Crippen LogP contribution in [0.5, 0.6) is 0 Å². The third kappa shape index (κ3) is 6.31. The van der Waals surface area contributed by atoms with E-state index in [9.17, 15) is 18.0 Å². The van der Waals surface area contributed by atoms with E-state index in [0.29, 0.717) is 5.56 Å². The van der Waals surface area contributed by atoms with Crippen molar-refractivity contribution in [3.05, 3.63) is 39.6 Å². The summed E-state index contributed by atoms with van der Waals surface area (Å²) in [6.45, 7) is 2.01. The quantitative estimate of drug-likeness (QED) is 0.574. The summed E-state index contributed by atoms with van der Waals surface area (Å²) in [6, 6.07) is 5.43. The standard InChI is InChI=1S/C17H20BrF3NO3PS/c1-10-5-6-11(18)7-12(10)14-13(8-16(2,3)22-15(14)23)25-26(4,27)24-9-17(19,20)21/h5-7H,8-9H2,1-4H3,(H,22,23). The van der Waals surface area contributed by atoms with Gasteiger partial charge in [0.1, 0.15) is 5.76 Å². The fraction of sp³-hybridized carbons (Fsp3) is 0.471. The van der Waals surface area contributed by atoms with Gasteiger partial charge in [0, 0.05) is 23.1 Å². The van der Waals surface area contributed by atoms with E-state index < -0.39 is 24.8 Å².